The maximum Gasteiger partial charge on any atom is 0.329 e. The van der Waals surface area contributed by atoms with Crippen molar-refractivity contribution < 1.29 is 23.9 Å². The zero-order valence-corrected chi connectivity index (χ0v) is 22.0. The second kappa shape index (κ2) is 13.6. The van der Waals surface area contributed by atoms with Crippen molar-refractivity contribution >= 4 is 35.3 Å². The normalized spacial score (nSPS) is 10.6. The van der Waals surface area contributed by atoms with E-state index in [4.69, 9.17) is 9.47 Å². The number of amides is 3. The largest absolute Gasteiger partial charge is 0.490 e. The molecule has 38 heavy (non-hydrogen) atoms. The van der Waals surface area contributed by atoms with E-state index in [2.05, 4.69) is 21.2 Å². The highest BCUT2D eigenvalue weighted by atomic mass is 16.5. The van der Waals surface area contributed by atoms with Gasteiger partial charge in [0.05, 0.1) is 12.8 Å². The Hall–Kier alpha value is -4.66. The first-order valence-electron chi connectivity index (χ1n) is 12.3. The monoisotopic (exact) mass is 516 g/mol. The van der Waals surface area contributed by atoms with Gasteiger partial charge in [-0.15, -0.1) is 0 Å². The van der Waals surface area contributed by atoms with Crippen LogP contribution in [0.15, 0.2) is 65.8 Å². The lowest BCUT2D eigenvalue weighted by Gasteiger charge is -2.13. The van der Waals surface area contributed by atoms with Crippen molar-refractivity contribution in [1.29, 1.82) is 0 Å². The number of rotatable bonds is 10. The third kappa shape index (κ3) is 7.67. The van der Waals surface area contributed by atoms with Gasteiger partial charge in [0.2, 0.25) is 0 Å². The van der Waals surface area contributed by atoms with E-state index >= 15 is 0 Å². The minimum Gasteiger partial charge on any atom is -0.490 e. The van der Waals surface area contributed by atoms with Gasteiger partial charge >= 0.3 is 11.8 Å². The first-order chi connectivity index (χ1) is 18.3. The number of carbonyl (C=O) groups is 3. The summed E-state index contributed by atoms with van der Waals surface area (Å²) in [4.78, 5) is 36.9. The third-order valence-electron chi connectivity index (χ3n) is 5.60. The average molecular weight is 517 g/mol. The second-order valence-corrected chi connectivity index (χ2v) is 8.41. The van der Waals surface area contributed by atoms with E-state index in [1.165, 1.54) is 6.21 Å². The Balaban J connectivity index is 1.58. The van der Waals surface area contributed by atoms with Gasteiger partial charge in [0, 0.05) is 11.4 Å². The van der Waals surface area contributed by atoms with Crippen molar-refractivity contribution in [3.05, 3.63) is 82.9 Å². The van der Waals surface area contributed by atoms with Gasteiger partial charge in [-0.1, -0.05) is 43.3 Å². The number of hydrogen-bond acceptors (Lipinski definition) is 6. The molecule has 3 N–H and O–H groups in total. The average Bonchev–Trinajstić information content (AvgIpc) is 2.90. The second-order valence-electron chi connectivity index (χ2n) is 8.41. The van der Waals surface area contributed by atoms with Crippen LogP contribution in [0.25, 0.3) is 0 Å². The predicted molar refractivity (Wildman–Crippen MR) is 148 cm³/mol. The zero-order valence-electron chi connectivity index (χ0n) is 22.0. The standard InChI is InChI=1S/C29H32N4O5/c1-5-22-12-7-8-13-23(22)31-26(34)18-38-24-15-14-21(16-25(24)37-6-2)17-30-33-29(36)28(35)32-27-19(3)10-9-11-20(27)4/h7-17H,5-6,18H2,1-4H3,(H,31,34)(H,32,35)(H,33,36)/b30-17-. The third-order valence-corrected chi connectivity index (χ3v) is 5.60. The molecule has 0 radical (unpaired) electrons. The molecule has 3 aromatic carbocycles. The maximum absolute atomic E-state index is 12.4. The molecular weight excluding hydrogens is 484 g/mol. The number of hydrazone groups is 1. The minimum absolute atomic E-state index is 0.197. The lowest BCUT2D eigenvalue weighted by atomic mass is 10.1. The Bertz CT molecular complexity index is 1320. The van der Waals surface area contributed by atoms with E-state index in [9.17, 15) is 14.4 Å². The number of para-hydroxylation sites is 2. The summed E-state index contributed by atoms with van der Waals surface area (Å²) in [5.74, 6) is -1.21. The molecule has 0 aliphatic carbocycles. The number of aryl methyl sites for hydroxylation is 3. The molecule has 0 spiro atoms. The van der Waals surface area contributed by atoms with Crippen LogP contribution in [-0.4, -0.2) is 37.1 Å². The lowest BCUT2D eigenvalue weighted by Crippen LogP contribution is -2.32. The van der Waals surface area contributed by atoms with Crippen LogP contribution in [0.5, 0.6) is 11.5 Å². The zero-order chi connectivity index (χ0) is 27.5. The van der Waals surface area contributed by atoms with Crippen LogP contribution in [-0.2, 0) is 20.8 Å². The molecule has 0 saturated heterocycles. The Labute approximate surface area is 222 Å². The number of hydrogen-bond donors (Lipinski definition) is 3. The molecule has 0 saturated carbocycles. The van der Waals surface area contributed by atoms with Gasteiger partial charge in [-0.05, 0) is 73.7 Å². The first-order valence-corrected chi connectivity index (χ1v) is 12.3. The van der Waals surface area contributed by atoms with Gasteiger partial charge < -0.3 is 20.1 Å². The highest BCUT2D eigenvalue weighted by Crippen LogP contribution is 2.28. The van der Waals surface area contributed by atoms with Crippen molar-refractivity contribution in [3.8, 4) is 11.5 Å². The lowest BCUT2D eigenvalue weighted by molar-refractivity contribution is -0.136. The van der Waals surface area contributed by atoms with E-state index in [-0.39, 0.29) is 12.5 Å². The van der Waals surface area contributed by atoms with Crippen LogP contribution in [0.1, 0.15) is 36.1 Å². The van der Waals surface area contributed by atoms with Gasteiger partial charge in [-0.3, -0.25) is 14.4 Å². The minimum atomic E-state index is -0.899. The fraction of sp³-hybridized carbons (Fsp3) is 0.241. The summed E-state index contributed by atoms with van der Waals surface area (Å²) < 4.78 is 11.3. The van der Waals surface area contributed by atoms with Crippen LogP contribution < -0.4 is 25.5 Å². The summed E-state index contributed by atoms with van der Waals surface area (Å²) in [6.07, 6.45) is 2.18. The number of nitrogens with zero attached hydrogens (tertiary/aromatic N) is 1. The van der Waals surface area contributed by atoms with Crippen molar-refractivity contribution in [3.63, 3.8) is 0 Å². The summed E-state index contributed by atoms with van der Waals surface area (Å²) in [6, 6.07) is 18.2. The Morgan fingerprint density at radius 1 is 0.842 bits per heavy atom. The number of carbonyl (C=O) groups excluding carboxylic acids is 3. The maximum atomic E-state index is 12.4. The van der Waals surface area contributed by atoms with Crippen LogP contribution in [0.4, 0.5) is 11.4 Å². The van der Waals surface area contributed by atoms with Gasteiger partial charge in [-0.25, -0.2) is 5.43 Å². The molecule has 198 valence electrons. The topological polar surface area (TPSA) is 118 Å². The van der Waals surface area contributed by atoms with E-state index in [0.717, 1.165) is 28.8 Å². The molecule has 0 aromatic heterocycles. The van der Waals surface area contributed by atoms with Crippen LogP contribution in [0, 0.1) is 13.8 Å². The van der Waals surface area contributed by atoms with Crippen molar-refractivity contribution in [2.45, 2.75) is 34.1 Å². The molecule has 0 aliphatic rings. The molecule has 0 heterocycles. The van der Waals surface area contributed by atoms with Gasteiger partial charge in [0.25, 0.3) is 5.91 Å². The molecule has 9 heteroatoms. The summed E-state index contributed by atoms with van der Waals surface area (Å²) >= 11 is 0. The van der Waals surface area contributed by atoms with E-state index in [1.54, 1.807) is 18.2 Å². The van der Waals surface area contributed by atoms with E-state index in [0.29, 0.717) is 29.4 Å². The summed E-state index contributed by atoms with van der Waals surface area (Å²) in [7, 11) is 0. The molecule has 3 amide bonds. The van der Waals surface area contributed by atoms with Crippen LogP contribution in [0.3, 0.4) is 0 Å². The molecule has 3 rings (SSSR count). The summed E-state index contributed by atoms with van der Waals surface area (Å²) in [6.45, 7) is 7.72. The summed E-state index contributed by atoms with van der Waals surface area (Å²) in [5, 5.41) is 9.35. The van der Waals surface area contributed by atoms with Gasteiger partial charge in [0.15, 0.2) is 18.1 Å². The Kier molecular flexibility index (Phi) is 9.99. The summed E-state index contributed by atoms with van der Waals surface area (Å²) in [5.41, 5.74) is 6.90. The van der Waals surface area contributed by atoms with Crippen molar-refractivity contribution in [2.75, 3.05) is 23.8 Å². The smallest absolute Gasteiger partial charge is 0.329 e. The Morgan fingerprint density at radius 2 is 1.58 bits per heavy atom. The highest BCUT2D eigenvalue weighted by Gasteiger charge is 2.15. The van der Waals surface area contributed by atoms with Gasteiger partial charge in [-0.2, -0.15) is 5.10 Å². The fourth-order valence-electron chi connectivity index (χ4n) is 3.67. The van der Waals surface area contributed by atoms with Crippen LogP contribution >= 0.6 is 0 Å². The molecule has 9 nitrogen and oxygen atoms in total. The van der Waals surface area contributed by atoms with E-state index < -0.39 is 11.8 Å². The SMILES string of the molecule is CCOc1cc(/C=N\NC(=O)C(=O)Nc2c(C)cccc2C)ccc1OCC(=O)Nc1ccccc1CC. The molecule has 3 aromatic rings. The predicted octanol–water partition coefficient (Wildman–Crippen LogP) is 4.37. The fourth-order valence-corrected chi connectivity index (χ4v) is 3.67. The van der Waals surface area contributed by atoms with Crippen LogP contribution in [0.2, 0.25) is 0 Å². The molecule has 0 atom stereocenters. The number of ether oxygens (including phenoxy) is 2. The first kappa shape index (κ1) is 27.9. The molecule has 0 bridgehead atoms. The molecule has 0 unspecified atom stereocenters. The van der Waals surface area contributed by atoms with Crippen molar-refractivity contribution in [1.82, 2.24) is 5.43 Å². The van der Waals surface area contributed by atoms with Gasteiger partial charge in [0.1, 0.15) is 0 Å². The number of nitrogens with one attached hydrogen (secondary N) is 3. The molecule has 0 fully saturated rings. The van der Waals surface area contributed by atoms with E-state index in [1.807, 2.05) is 70.2 Å². The highest BCUT2D eigenvalue weighted by molar-refractivity contribution is 6.39. The Morgan fingerprint density at radius 3 is 2.29 bits per heavy atom. The number of anilines is 2. The molecular formula is C29H32N4O5. The van der Waals surface area contributed by atoms with Crippen molar-refractivity contribution in [2.24, 2.45) is 5.10 Å². The number of benzene rings is 3. The molecule has 0 aliphatic heterocycles. The quantitative estimate of drug-likeness (QED) is 0.210.